The van der Waals surface area contributed by atoms with Crippen molar-refractivity contribution in [2.75, 3.05) is 23.3 Å². The molecule has 28 heavy (non-hydrogen) atoms. The van der Waals surface area contributed by atoms with Crippen molar-refractivity contribution in [3.05, 3.63) is 59.7 Å². The second kappa shape index (κ2) is 7.92. The summed E-state index contributed by atoms with van der Waals surface area (Å²) < 4.78 is 5.75. The number of para-hydroxylation sites is 2. The van der Waals surface area contributed by atoms with Crippen LogP contribution in [0.25, 0.3) is 0 Å². The van der Waals surface area contributed by atoms with E-state index in [1.54, 1.807) is 6.26 Å². The molecule has 2 aromatic rings. The number of hydrogen-bond donors (Lipinski definition) is 2. The molecule has 1 aromatic carbocycles. The van der Waals surface area contributed by atoms with Gasteiger partial charge in [0, 0.05) is 24.2 Å². The van der Waals surface area contributed by atoms with Crippen LogP contribution < -0.4 is 15.5 Å². The zero-order valence-corrected chi connectivity index (χ0v) is 16.0. The first-order valence-electron chi connectivity index (χ1n) is 9.88. The summed E-state index contributed by atoms with van der Waals surface area (Å²) in [6.45, 7) is 2.80. The lowest BCUT2D eigenvalue weighted by Gasteiger charge is -2.33. The van der Waals surface area contributed by atoms with Crippen LogP contribution in [0.3, 0.4) is 0 Å². The second-order valence-corrected chi connectivity index (χ2v) is 7.21. The standard InChI is InChI=1S/C22H25N3O3/c1-2-12-23-20(27)14-25-17-9-4-3-7-15(17)24-16-8-5-10-18(26)21(16)22(25)19-11-6-13-28-19/h3-4,6-7,9,11,13,22,24H,2,5,8,10,12,14H2,1H3,(H,23,27). The highest BCUT2D eigenvalue weighted by atomic mass is 16.3. The molecule has 0 radical (unpaired) electrons. The molecule has 0 saturated heterocycles. The number of furan rings is 1. The molecule has 1 aromatic heterocycles. The number of benzene rings is 1. The molecule has 6 nitrogen and oxygen atoms in total. The van der Waals surface area contributed by atoms with Crippen molar-refractivity contribution in [1.82, 2.24) is 5.32 Å². The first kappa shape index (κ1) is 18.3. The molecule has 1 aliphatic carbocycles. The van der Waals surface area contributed by atoms with Crippen molar-refractivity contribution in [2.24, 2.45) is 0 Å². The van der Waals surface area contributed by atoms with Gasteiger partial charge < -0.3 is 20.0 Å². The van der Waals surface area contributed by atoms with Gasteiger partial charge in [-0.25, -0.2) is 0 Å². The average molecular weight is 379 g/mol. The molecule has 146 valence electrons. The van der Waals surface area contributed by atoms with Gasteiger partial charge >= 0.3 is 0 Å². The lowest BCUT2D eigenvalue weighted by atomic mass is 9.88. The Morgan fingerprint density at radius 1 is 1.25 bits per heavy atom. The molecular weight excluding hydrogens is 354 g/mol. The number of allylic oxidation sites excluding steroid dienone is 1. The van der Waals surface area contributed by atoms with Gasteiger partial charge in [-0.3, -0.25) is 9.59 Å². The van der Waals surface area contributed by atoms with Gasteiger partial charge in [-0.05, 0) is 43.5 Å². The van der Waals surface area contributed by atoms with E-state index in [9.17, 15) is 9.59 Å². The first-order chi connectivity index (χ1) is 13.7. The molecule has 4 rings (SSSR count). The van der Waals surface area contributed by atoms with E-state index in [1.807, 2.05) is 48.2 Å². The van der Waals surface area contributed by atoms with Gasteiger partial charge in [0.1, 0.15) is 11.8 Å². The van der Waals surface area contributed by atoms with Crippen molar-refractivity contribution in [1.29, 1.82) is 0 Å². The van der Waals surface area contributed by atoms with E-state index in [4.69, 9.17) is 4.42 Å². The summed E-state index contributed by atoms with van der Waals surface area (Å²) in [5.41, 5.74) is 3.43. The minimum Gasteiger partial charge on any atom is -0.467 e. The highest BCUT2D eigenvalue weighted by molar-refractivity contribution is 6.01. The summed E-state index contributed by atoms with van der Waals surface area (Å²) in [6, 6.07) is 11.1. The van der Waals surface area contributed by atoms with Crippen LogP contribution in [0, 0.1) is 0 Å². The third-order valence-corrected chi connectivity index (χ3v) is 5.24. The maximum absolute atomic E-state index is 13.0. The number of carbonyl (C=O) groups is 2. The molecule has 6 heteroatoms. The van der Waals surface area contributed by atoms with Crippen LogP contribution in [-0.2, 0) is 9.59 Å². The summed E-state index contributed by atoms with van der Waals surface area (Å²) in [5.74, 6) is 0.715. The zero-order chi connectivity index (χ0) is 19.5. The van der Waals surface area contributed by atoms with Crippen LogP contribution in [-0.4, -0.2) is 24.8 Å². The van der Waals surface area contributed by atoms with Crippen LogP contribution in [0.2, 0.25) is 0 Å². The Hall–Kier alpha value is -3.02. The molecule has 2 aliphatic rings. The number of carbonyl (C=O) groups excluding carboxylic acids is 2. The van der Waals surface area contributed by atoms with Gasteiger partial charge in [-0.15, -0.1) is 0 Å². The molecule has 1 aliphatic heterocycles. The molecule has 2 N–H and O–H groups in total. The fourth-order valence-electron chi connectivity index (χ4n) is 3.99. The summed E-state index contributed by atoms with van der Waals surface area (Å²) >= 11 is 0. The topological polar surface area (TPSA) is 74.6 Å². The Morgan fingerprint density at radius 3 is 2.89 bits per heavy atom. The monoisotopic (exact) mass is 379 g/mol. The predicted octanol–water partition coefficient (Wildman–Crippen LogP) is 3.79. The predicted molar refractivity (Wildman–Crippen MR) is 108 cm³/mol. The Morgan fingerprint density at radius 2 is 2.11 bits per heavy atom. The van der Waals surface area contributed by atoms with Crippen molar-refractivity contribution in [3.8, 4) is 0 Å². The Kier molecular flexibility index (Phi) is 5.19. The Bertz CT molecular complexity index is 902. The molecule has 0 fully saturated rings. The molecule has 2 heterocycles. The number of amides is 1. The number of ketones is 1. The van der Waals surface area contributed by atoms with Gasteiger partial charge in [0.2, 0.25) is 5.91 Å². The number of anilines is 2. The van der Waals surface area contributed by atoms with Gasteiger partial charge in [-0.2, -0.15) is 0 Å². The van der Waals surface area contributed by atoms with Gasteiger partial charge in [0.15, 0.2) is 5.78 Å². The molecular formula is C22H25N3O3. The second-order valence-electron chi connectivity index (χ2n) is 7.21. The van der Waals surface area contributed by atoms with E-state index in [-0.39, 0.29) is 18.2 Å². The van der Waals surface area contributed by atoms with Crippen molar-refractivity contribution < 1.29 is 14.0 Å². The third kappa shape index (κ3) is 3.42. The normalized spacial score (nSPS) is 18.8. The zero-order valence-electron chi connectivity index (χ0n) is 16.0. The molecule has 0 spiro atoms. The fourth-order valence-corrected chi connectivity index (χ4v) is 3.99. The SMILES string of the molecule is CCCNC(=O)CN1c2ccccc2NC2=C(C(=O)CCC2)C1c1ccco1. The van der Waals surface area contributed by atoms with Gasteiger partial charge in [0.05, 0.1) is 24.2 Å². The summed E-state index contributed by atoms with van der Waals surface area (Å²) in [7, 11) is 0. The number of nitrogens with one attached hydrogen (secondary N) is 2. The number of hydrogen-bond acceptors (Lipinski definition) is 5. The van der Waals surface area contributed by atoms with E-state index >= 15 is 0 Å². The highest BCUT2D eigenvalue weighted by Crippen LogP contribution is 2.44. The average Bonchev–Trinajstić information content (AvgIpc) is 3.18. The van der Waals surface area contributed by atoms with Crippen LogP contribution >= 0.6 is 0 Å². The van der Waals surface area contributed by atoms with E-state index < -0.39 is 6.04 Å². The van der Waals surface area contributed by atoms with Gasteiger partial charge in [-0.1, -0.05) is 19.1 Å². The van der Waals surface area contributed by atoms with E-state index in [2.05, 4.69) is 10.6 Å². The summed E-state index contributed by atoms with van der Waals surface area (Å²) in [5, 5.41) is 6.42. The highest BCUT2D eigenvalue weighted by Gasteiger charge is 2.38. The largest absolute Gasteiger partial charge is 0.467 e. The van der Waals surface area contributed by atoms with Crippen LogP contribution in [0.15, 0.2) is 58.3 Å². The number of fused-ring (bicyclic) bond motifs is 1. The number of Topliss-reactive ketones (excluding diaryl/α,β-unsaturated/α-hetero) is 1. The van der Waals surface area contributed by atoms with E-state index in [0.717, 1.165) is 36.3 Å². The van der Waals surface area contributed by atoms with Crippen LogP contribution in [0.5, 0.6) is 0 Å². The molecule has 0 bridgehead atoms. The Labute approximate surface area is 164 Å². The van der Waals surface area contributed by atoms with Crippen molar-refractivity contribution in [3.63, 3.8) is 0 Å². The maximum Gasteiger partial charge on any atom is 0.239 e. The smallest absolute Gasteiger partial charge is 0.239 e. The maximum atomic E-state index is 13.0. The third-order valence-electron chi connectivity index (χ3n) is 5.24. The summed E-state index contributed by atoms with van der Waals surface area (Å²) in [6.07, 6.45) is 4.64. The van der Waals surface area contributed by atoms with Crippen molar-refractivity contribution >= 4 is 23.1 Å². The Balaban J connectivity index is 1.84. The van der Waals surface area contributed by atoms with Crippen molar-refractivity contribution in [2.45, 2.75) is 38.6 Å². The number of nitrogens with zero attached hydrogens (tertiary/aromatic N) is 1. The molecule has 0 saturated carbocycles. The molecule has 1 atom stereocenters. The molecule has 1 amide bonds. The van der Waals surface area contributed by atoms with Gasteiger partial charge in [0.25, 0.3) is 0 Å². The fraction of sp³-hybridized carbons (Fsp3) is 0.364. The van der Waals surface area contributed by atoms with Crippen LogP contribution in [0.1, 0.15) is 44.4 Å². The lowest BCUT2D eigenvalue weighted by Crippen LogP contribution is -2.41. The van der Waals surface area contributed by atoms with E-state index in [0.29, 0.717) is 24.3 Å². The lowest BCUT2D eigenvalue weighted by molar-refractivity contribution is -0.120. The molecule has 1 unspecified atom stereocenters. The minimum atomic E-state index is -0.429. The minimum absolute atomic E-state index is 0.0690. The summed E-state index contributed by atoms with van der Waals surface area (Å²) in [4.78, 5) is 27.6. The van der Waals surface area contributed by atoms with E-state index in [1.165, 1.54) is 0 Å². The van der Waals surface area contributed by atoms with Crippen LogP contribution in [0.4, 0.5) is 11.4 Å². The number of rotatable bonds is 5. The quantitative estimate of drug-likeness (QED) is 0.827. The first-order valence-corrected chi connectivity index (χ1v) is 9.88.